The van der Waals surface area contributed by atoms with Crippen LogP contribution in [0.2, 0.25) is 0 Å². The van der Waals surface area contributed by atoms with Crippen molar-refractivity contribution >= 4 is 5.91 Å². The molecule has 2 aliphatic rings. The zero-order valence-corrected chi connectivity index (χ0v) is 13.5. The van der Waals surface area contributed by atoms with Crippen LogP contribution in [0.15, 0.2) is 0 Å². The van der Waals surface area contributed by atoms with E-state index in [1.54, 1.807) is 0 Å². The Morgan fingerprint density at radius 3 is 2.24 bits per heavy atom. The minimum atomic E-state index is -0.704. The summed E-state index contributed by atoms with van der Waals surface area (Å²) in [6.45, 7) is 3.06. The van der Waals surface area contributed by atoms with Crippen LogP contribution < -0.4 is 11.1 Å². The van der Waals surface area contributed by atoms with Gasteiger partial charge in [0.05, 0.1) is 11.0 Å². The molecule has 21 heavy (non-hydrogen) atoms. The van der Waals surface area contributed by atoms with Crippen LogP contribution in [0.1, 0.15) is 71.1 Å². The molecule has 0 aliphatic heterocycles. The number of rotatable bonds is 4. The minimum absolute atomic E-state index is 0.0644. The SMILES string of the molecule is CC1CCC(CN)(C(=O)NCC2(O)CCCCCC2)CC1. The highest BCUT2D eigenvalue weighted by atomic mass is 16.3. The van der Waals surface area contributed by atoms with E-state index in [-0.39, 0.29) is 5.91 Å². The molecule has 0 radical (unpaired) electrons. The van der Waals surface area contributed by atoms with Crippen molar-refractivity contribution in [1.29, 1.82) is 0 Å². The van der Waals surface area contributed by atoms with Crippen LogP contribution in [0, 0.1) is 11.3 Å². The quantitative estimate of drug-likeness (QED) is 0.697. The summed E-state index contributed by atoms with van der Waals surface area (Å²) >= 11 is 0. The van der Waals surface area contributed by atoms with Crippen LogP contribution in [-0.2, 0) is 4.79 Å². The van der Waals surface area contributed by atoms with Crippen molar-refractivity contribution in [2.75, 3.05) is 13.1 Å². The standard InChI is InChI=1S/C17H32N2O2/c1-14-6-10-16(12-18,11-7-14)15(20)19-13-17(21)8-4-2-3-5-9-17/h14,21H,2-13,18H2,1H3,(H,19,20). The van der Waals surface area contributed by atoms with E-state index >= 15 is 0 Å². The van der Waals surface area contributed by atoms with Crippen molar-refractivity contribution in [2.45, 2.75) is 76.7 Å². The molecule has 122 valence electrons. The Morgan fingerprint density at radius 2 is 1.71 bits per heavy atom. The second-order valence-corrected chi connectivity index (χ2v) is 7.49. The molecule has 4 nitrogen and oxygen atoms in total. The summed E-state index contributed by atoms with van der Waals surface area (Å²) in [5, 5.41) is 13.7. The maximum absolute atomic E-state index is 12.6. The van der Waals surface area contributed by atoms with E-state index < -0.39 is 11.0 Å². The van der Waals surface area contributed by atoms with Gasteiger partial charge in [0.2, 0.25) is 5.91 Å². The summed E-state index contributed by atoms with van der Waals surface area (Å²) in [7, 11) is 0. The monoisotopic (exact) mass is 296 g/mol. The minimum Gasteiger partial charge on any atom is -0.388 e. The molecular formula is C17H32N2O2. The van der Waals surface area contributed by atoms with Crippen molar-refractivity contribution in [1.82, 2.24) is 5.32 Å². The van der Waals surface area contributed by atoms with Crippen molar-refractivity contribution in [3.05, 3.63) is 0 Å². The van der Waals surface area contributed by atoms with Crippen LogP contribution in [-0.4, -0.2) is 29.7 Å². The van der Waals surface area contributed by atoms with Crippen molar-refractivity contribution in [2.24, 2.45) is 17.1 Å². The summed E-state index contributed by atoms with van der Waals surface area (Å²) in [4.78, 5) is 12.6. The third kappa shape index (κ3) is 4.19. The van der Waals surface area contributed by atoms with Crippen molar-refractivity contribution in [3.63, 3.8) is 0 Å². The maximum atomic E-state index is 12.6. The third-order valence-corrected chi connectivity index (χ3v) is 5.72. The number of aliphatic hydroxyl groups is 1. The predicted octanol–water partition coefficient (Wildman–Crippen LogP) is 2.34. The molecule has 0 aromatic heterocycles. The fraction of sp³-hybridized carbons (Fsp3) is 0.941. The third-order valence-electron chi connectivity index (χ3n) is 5.72. The Labute approximate surface area is 128 Å². The molecular weight excluding hydrogens is 264 g/mol. The van der Waals surface area contributed by atoms with Gasteiger partial charge >= 0.3 is 0 Å². The van der Waals surface area contributed by atoms with Crippen LogP contribution in [0.5, 0.6) is 0 Å². The van der Waals surface area contributed by atoms with E-state index in [1.807, 2.05) is 0 Å². The first-order chi connectivity index (χ1) is 10.00. The summed E-state index contributed by atoms with van der Waals surface area (Å²) in [5.41, 5.74) is 4.83. The van der Waals surface area contributed by atoms with Gasteiger partial charge in [-0.3, -0.25) is 4.79 Å². The van der Waals surface area contributed by atoms with E-state index in [0.29, 0.717) is 19.0 Å². The first-order valence-electron chi connectivity index (χ1n) is 8.70. The normalized spacial score (nSPS) is 33.2. The van der Waals surface area contributed by atoms with Gasteiger partial charge in [-0.2, -0.15) is 0 Å². The number of carbonyl (C=O) groups excluding carboxylic acids is 1. The van der Waals surface area contributed by atoms with E-state index in [0.717, 1.165) is 51.4 Å². The maximum Gasteiger partial charge on any atom is 0.227 e. The number of nitrogens with two attached hydrogens (primary N) is 1. The number of amides is 1. The molecule has 0 aromatic carbocycles. The van der Waals surface area contributed by atoms with E-state index in [1.165, 1.54) is 12.8 Å². The zero-order valence-electron chi connectivity index (χ0n) is 13.5. The fourth-order valence-corrected chi connectivity index (χ4v) is 3.83. The van der Waals surface area contributed by atoms with Crippen molar-refractivity contribution < 1.29 is 9.90 Å². The smallest absolute Gasteiger partial charge is 0.227 e. The highest BCUT2D eigenvalue weighted by molar-refractivity contribution is 5.83. The molecule has 2 fully saturated rings. The molecule has 0 spiro atoms. The lowest BCUT2D eigenvalue weighted by atomic mass is 9.70. The lowest BCUT2D eigenvalue weighted by molar-refractivity contribution is -0.134. The molecule has 4 heteroatoms. The van der Waals surface area contributed by atoms with Crippen LogP contribution in [0.3, 0.4) is 0 Å². The molecule has 0 heterocycles. The Bertz CT molecular complexity index is 341. The molecule has 2 aliphatic carbocycles. The molecule has 1 amide bonds. The zero-order chi connectivity index (χ0) is 15.3. The van der Waals surface area contributed by atoms with Gasteiger partial charge in [0.1, 0.15) is 0 Å². The highest BCUT2D eigenvalue weighted by Gasteiger charge is 2.40. The van der Waals surface area contributed by atoms with Crippen LogP contribution >= 0.6 is 0 Å². The number of carbonyl (C=O) groups is 1. The average molecular weight is 296 g/mol. The van der Waals surface area contributed by atoms with Gasteiger partial charge in [0, 0.05) is 13.1 Å². The number of nitrogens with one attached hydrogen (secondary N) is 1. The van der Waals surface area contributed by atoms with Crippen molar-refractivity contribution in [3.8, 4) is 0 Å². The predicted molar refractivity (Wildman–Crippen MR) is 84.8 cm³/mol. The van der Waals surface area contributed by atoms with Gasteiger partial charge < -0.3 is 16.2 Å². The van der Waals surface area contributed by atoms with E-state index in [2.05, 4.69) is 12.2 Å². The summed E-state index contributed by atoms with van der Waals surface area (Å²) in [6, 6.07) is 0. The van der Waals surface area contributed by atoms with Crippen LogP contribution in [0.4, 0.5) is 0 Å². The molecule has 0 unspecified atom stereocenters. The highest BCUT2D eigenvalue weighted by Crippen LogP contribution is 2.38. The fourth-order valence-electron chi connectivity index (χ4n) is 3.83. The average Bonchev–Trinajstić information content (AvgIpc) is 2.71. The Kier molecular flexibility index (Phi) is 5.67. The summed E-state index contributed by atoms with van der Waals surface area (Å²) in [5.74, 6) is 0.762. The van der Waals surface area contributed by atoms with Gasteiger partial charge in [-0.05, 0) is 44.4 Å². The van der Waals surface area contributed by atoms with E-state index in [4.69, 9.17) is 5.73 Å². The molecule has 0 bridgehead atoms. The Hall–Kier alpha value is -0.610. The lowest BCUT2D eigenvalue weighted by Gasteiger charge is -2.38. The number of hydrogen-bond acceptors (Lipinski definition) is 3. The molecule has 2 saturated carbocycles. The molecule has 0 atom stereocenters. The van der Waals surface area contributed by atoms with E-state index in [9.17, 15) is 9.90 Å². The molecule has 4 N–H and O–H groups in total. The second kappa shape index (κ2) is 7.10. The van der Waals surface area contributed by atoms with Gasteiger partial charge in [0.25, 0.3) is 0 Å². The summed E-state index contributed by atoms with van der Waals surface area (Å²) < 4.78 is 0. The van der Waals surface area contributed by atoms with Gasteiger partial charge in [0.15, 0.2) is 0 Å². The second-order valence-electron chi connectivity index (χ2n) is 7.49. The Morgan fingerprint density at radius 1 is 1.14 bits per heavy atom. The van der Waals surface area contributed by atoms with Gasteiger partial charge in [-0.15, -0.1) is 0 Å². The Balaban J connectivity index is 1.90. The molecule has 0 saturated heterocycles. The lowest BCUT2D eigenvalue weighted by Crippen LogP contribution is -2.52. The largest absolute Gasteiger partial charge is 0.388 e. The molecule has 0 aromatic rings. The molecule has 2 rings (SSSR count). The first-order valence-corrected chi connectivity index (χ1v) is 8.70. The van der Waals surface area contributed by atoms with Gasteiger partial charge in [-0.1, -0.05) is 32.6 Å². The van der Waals surface area contributed by atoms with Crippen LogP contribution in [0.25, 0.3) is 0 Å². The topological polar surface area (TPSA) is 75.4 Å². The first kappa shape index (κ1) is 16.8. The summed E-state index contributed by atoms with van der Waals surface area (Å²) in [6.07, 6.45) is 10.0. The van der Waals surface area contributed by atoms with Gasteiger partial charge in [-0.25, -0.2) is 0 Å². The number of hydrogen-bond donors (Lipinski definition) is 3.